The minimum Gasteiger partial charge on any atom is -0.504 e. The lowest BCUT2D eigenvalue weighted by Gasteiger charge is -2.40. The fraction of sp³-hybridized carbons (Fsp3) is 0.577. The molecule has 0 bridgehead atoms. The van der Waals surface area contributed by atoms with Crippen LogP contribution >= 0.6 is 0 Å². The lowest BCUT2D eigenvalue weighted by molar-refractivity contribution is -0.309. The maximum Gasteiger partial charge on any atom is 0.330 e. The molecule has 0 radical (unpaired) electrons. The van der Waals surface area contributed by atoms with Crippen LogP contribution in [0.15, 0.2) is 36.4 Å². The van der Waals surface area contributed by atoms with Gasteiger partial charge in [-0.25, -0.2) is 4.79 Å². The molecule has 39 heavy (non-hydrogen) atoms. The highest BCUT2D eigenvalue weighted by atomic mass is 16.7. The lowest BCUT2D eigenvalue weighted by atomic mass is 9.99. The molecular weight excluding hydrogens is 520 g/mol. The summed E-state index contributed by atoms with van der Waals surface area (Å²) in [6.07, 6.45) is -2.36. The Hall–Kier alpha value is -2.59. The summed E-state index contributed by atoms with van der Waals surface area (Å²) < 4.78 is 26.8. The number of allylic oxidation sites excluding steroid dienone is 1. The lowest BCUT2D eigenvalue weighted by Crippen LogP contribution is -2.59. The van der Waals surface area contributed by atoms with Gasteiger partial charge in [0.25, 0.3) is 0 Å². The van der Waals surface area contributed by atoms with Gasteiger partial charge in [0.05, 0.1) is 19.8 Å². The van der Waals surface area contributed by atoms with Gasteiger partial charge in [0.2, 0.25) is 0 Å². The number of hydrogen-bond acceptors (Lipinski definition) is 13. The van der Waals surface area contributed by atoms with Gasteiger partial charge >= 0.3 is 5.97 Å². The minimum absolute atomic E-state index is 0.206. The molecule has 2 aliphatic rings. The number of aromatic hydroxyl groups is 2. The average molecular weight is 557 g/mol. The largest absolute Gasteiger partial charge is 0.504 e. The van der Waals surface area contributed by atoms with Crippen LogP contribution in [0.25, 0.3) is 6.08 Å². The number of rotatable bonds is 12. The maximum absolute atomic E-state index is 12.0. The first-order valence-electron chi connectivity index (χ1n) is 12.5. The Morgan fingerprint density at radius 3 is 2.54 bits per heavy atom. The zero-order valence-electron chi connectivity index (χ0n) is 21.4. The van der Waals surface area contributed by atoms with E-state index in [2.05, 4.69) is 0 Å². The Morgan fingerprint density at radius 1 is 1.05 bits per heavy atom. The van der Waals surface area contributed by atoms with Crippen molar-refractivity contribution in [3.63, 3.8) is 0 Å². The third-order valence-corrected chi connectivity index (χ3v) is 6.24. The fourth-order valence-corrected chi connectivity index (χ4v) is 3.89. The molecule has 13 heteroatoms. The predicted molar refractivity (Wildman–Crippen MR) is 133 cm³/mol. The van der Waals surface area contributed by atoms with Gasteiger partial charge < -0.3 is 59.4 Å². The third kappa shape index (κ3) is 8.20. The molecule has 2 heterocycles. The molecule has 218 valence electrons. The first kappa shape index (κ1) is 30.9. The Bertz CT molecular complexity index is 998. The molecule has 7 N–H and O–H groups in total. The van der Waals surface area contributed by atoms with Crippen molar-refractivity contribution >= 4 is 12.0 Å². The number of phenols is 2. The van der Waals surface area contributed by atoms with Crippen molar-refractivity contribution in [1.29, 1.82) is 0 Å². The molecule has 0 amide bonds. The van der Waals surface area contributed by atoms with Gasteiger partial charge in [-0.1, -0.05) is 25.1 Å². The van der Waals surface area contributed by atoms with E-state index < -0.39 is 67.9 Å². The summed E-state index contributed by atoms with van der Waals surface area (Å²) in [5, 5.41) is 70.7. The number of hydrogen-bond donors (Lipinski definition) is 7. The van der Waals surface area contributed by atoms with Gasteiger partial charge in [0, 0.05) is 6.08 Å². The van der Waals surface area contributed by atoms with Crippen LogP contribution in [-0.2, 0) is 28.5 Å². The van der Waals surface area contributed by atoms with E-state index in [0.29, 0.717) is 12.0 Å². The van der Waals surface area contributed by atoms with Crippen molar-refractivity contribution < 1.29 is 64.2 Å². The Morgan fingerprint density at radius 2 is 1.82 bits per heavy atom. The summed E-state index contributed by atoms with van der Waals surface area (Å²) in [6.45, 7) is 0.734. The summed E-state index contributed by atoms with van der Waals surface area (Å²) >= 11 is 0. The molecular formula is C26H36O13. The van der Waals surface area contributed by atoms with Crippen LogP contribution in [0.2, 0.25) is 0 Å². The standard InChI is InChI=1S/C26H36O13/c1-2-3-4-5-10-35-24-22(32)21(31)20(30)18(39-24)12-36-25-23(33)26(34,14-38-25)13-37-19(29)9-7-15-6-8-16(27)17(28)11-15/h3-4,6-9,11,18,20-25,27-28,30-34H,2,5,10,12-14H2,1H3/b4-3-,9-7-/t18-,20-,21+,22-,23-,24-,25+,26+/m0/s1. The molecule has 2 saturated heterocycles. The summed E-state index contributed by atoms with van der Waals surface area (Å²) in [5.74, 6) is -1.53. The molecule has 1 aromatic rings. The number of carbonyl (C=O) groups is 1. The molecule has 13 nitrogen and oxygen atoms in total. The van der Waals surface area contributed by atoms with Crippen LogP contribution in [0.3, 0.4) is 0 Å². The number of esters is 1. The molecule has 3 rings (SSSR count). The molecule has 0 spiro atoms. The third-order valence-electron chi connectivity index (χ3n) is 6.24. The molecule has 0 aromatic heterocycles. The highest BCUT2D eigenvalue weighted by Crippen LogP contribution is 2.29. The maximum atomic E-state index is 12.0. The molecule has 8 atom stereocenters. The first-order chi connectivity index (χ1) is 18.6. The zero-order valence-corrected chi connectivity index (χ0v) is 21.4. The summed E-state index contributed by atoms with van der Waals surface area (Å²) in [7, 11) is 0. The smallest absolute Gasteiger partial charge is 0.330 e. The first-order valence-corrected chi connectivity index (χ1v) is 12.5. The molecule has 0 unspecified atom stereocenters. The van der Waals surface area contributed by atoms with E-state index in [1.807, 2.05) is 19.1 Å². The van der Waals surface area contributed by atoms with E-state index in [4.69, 9.17) is 23.7 Å². The molecule has 2 fully saturated rings. The second kappa shape index (κ2) is 14.2. The van der Waals surface area contributed by atoms with Crippen molar-refractivity contribution in [2.45, 2.75) is 68.5 Å². The molecule has 1 aromatic carbocycles. The number of aliphatic hydroxyl groups is 5. The highest BCUT2D eigenvalue weighted by Gasteiger charge is 2.51. The van der Waals surface area contributed by atoms with E-state index in [0.717, 1.165) is 12.5 Å². The summed E-state index contributed by atoms with van der Waals surface area (Å²) in [6, 6.07) is 3.93. The van der Waals surface area contributed by atoms with Gasteiger partial charge in [0.15, 0.2) is 29.7 Å². The van der Waals surface area contributed by atoms with Crippen molar-refractivity contribution in [1.82, 2.24) is 0 Å². The van der Waals surface area contributed by atoms with Gasteiger partial charge in [-0.05, 0) is 36.6 Å². The van der Waals surface area contributed by atoms with Gasteiger partial charge in [-0.15, -0.1) is 0 Å². The van der Waals surface area contributed by atoms with Gasteiger partial charge in [-0.2, -0.15) is 0 Å². The van der Waals surface area contributed by atoms with E-state index in [-0.39, 0.29) is 24.7 Å². The molecule has 2 aliphatic heterocycles. The van der Waals surface area contributed by atoms with Crippen LogP contribution < -0.4 is 0 Å². The van der Waals surface area contributed by atoms with Crippen molar-refractivity contribution in [2.24, 2.45) is 0 Å². The zero-order chi connectivity index (χ0) is 28.6. The second-order valence-corrected chi connectivity index (χ2v) is 9.30. The molecule has 0 aliphatic carbocycles. The highest BCUT2D eigenvalue weighted by molar-refractivity contribution is 5.87. The van der Waals surface area contributed by atoms with Gasteiger partial charge in [-0.3, -0.25) is 0 Å². The topological polar surface area (TPSA) is 205 Å². The second-order valence-electron chi connectivity index (χ2n) is 9.30. The normalized spacial score (nSPS) is 33.2. The monoisotopic (exact) mass is 556 g/mol. The van der Waals surface area contributed by atoms with Crippen molar-refractivity contribution in [2.75, 3.05) is 26.4 Å². The van der Waals surface area contributed by atoms with Crippen molar-refractivity contribution in [3.05, 3.63) is 42.0 Å². The average Bonchev–Trinajstić information content (AvgIpc) is 3.20. The van der Waals surface area contributed by atoms with Crippen LogP contribution in [0, 0.1) is 0 Å². The number of benzene rings is 1. The summed E-state index contributed by atoms with van der Waals surface area (Å²) in [4.78, 5) is 12.0. The molecule has 0 saturated carbocycles. The summed E-state index contributed by atoms with van der Waals surface area (Å²) in [5.41, 5.74) is -1.59. The number of phenolic OH excluding ortho intramolecular Hbond substituents is 2. The fourth-order valence-electron chi connectivity index (χ4n) is 3.89. The predicted octanol–water partition coefficient (Wildman–Crippen LogP) is -0.700. The SMILES string of the molecule is CC/C=C\CCO[C@H]1O[C@@H](CO[C@@H]2OC[C@](O)(COC(=O)/C=C\c3ccc(O)c(O)c3)[C@H]2O)[C@H](O)[C@@H](O)[C@@H]1O. The van der Waals surface area contributed by atoms with E-state index in [1.54, 1.807) is 0 Å². The van der Waals surface area contributed by atoms with Crippen LogP contribution in [0.5, 0.6) is 11.5 Å². The van der Waals surface area contributed by atoms with Crippen LogP contribution in [-0.4, -0.2) is 117 Å². The number of aliphatic hydroxyl groups excluding tert-OH is 4. The van der Waals surface area contributed by atoms with Crippen LogP contribution in [0.4, 0.5) is 0 Å². The number of ether oxygens (including phenoxy) is 5. The van der Waals surface area contributed by atoms with E-state index in [9.17, 15) is 40.5 Å². The van der Waals surface area contributed by atoms with E-state index >= 15 is 0 Å². The van der Waals surface area contributed by atoms with Crippen LogP contribution in [0.1, 0.15) is 25.3 Å². The Kier molecular flexibility index (Phi) is 11.2. The quantitative estimate of drug-likeness (QED) is 0.0560. The Labute approximate surface area is 225 Å². The Balaban J connectivity index is 1.48. The minimum atomic E-state index is -2.00. The van der Waals surface area contributed by atoms with Crippen molar-refractivity contribution in [3.8, 4) is 11.5 Å². The van der Waals surface area contributed by atoms with Gasteiger partial charge in [0.1, 0.15) is 37.1 Å². The number of carbonyl (C=O) groups excluding carboxylic acids is 1. The van der Waals surface area contributed by atoms with E-state index in [1.165, 1.54) is 24.3 Å².